The Bertz CT molecular complexity index is 515. The molecule has 5 nitrogen and oxygen atoms in total. The second kappa shape index (κ2) is 5.24. The van der Waals surface area contributed by atoms with Gasteiger partial charge < -0.3 is 5.11 Å². The summed E-state index contributed by atoms with van der Waals surface area (Å²) in [6.07, 6.45) is 0. The fourth-order valence-corrected chi connectivity index (χ4v) is 2.55. The van der Waals surface area contributed by atoms with E-state index in [0.717, 1.165) is 6.07 Å². The molecule has 0 bridgehead atoms. The van der Waals surface area contributed by atoms with Crippen LogP contribution in [0.25, 0.3) is 0 Å². The molecule has 1 aromatic carbocycles. The van der Waals surface area contributed by atoms with E-state index in [0.29, 0.717) is 0 Å². The van der Waals surface area contributed by atoms with Crippen LogP contribution < -0.4 is 4.72 Å². The molecule has 0 radical (unpaired) electrons. The third kappa shape index (κ3) is 4.49. The number of hydrogen-bond donors (Lipinski definition) is 2. The number of carbonyl (C=O) groups is 1. The van der Waals surface area contributed by atoms with E-state index in [4.69, 9.17) is 5.11 Å². The number of halogens is 1. The van der Waals surface area contributed by atoms with Gasteiger partial charge in [0.25, 0.3) is 0 Å². The van der Waals surface area contributed by atoms with Gasteiger partial charge in [0, 0.05) is 0 Å². The van der Waals surface area contributed by atoms with Gasteiger partial charge in [-0.15, -0.1) is 0 Å². The molecule has 7 heteroatoms. The lowest BCUT2D eigenvalue weighted by Gasteiger charge is -2.10. The third-order valence-corrected chi connectivity index (χ3v) is 3.40. The first-order valence-electron chi connectivity index (χ1n) is 4.77. The van der Waals surface area contributed by atoms with Gasteiger partial charge in [0.1, 0.15) is 11.9 Å². The van der Waals surface area contributed by atoms with Gasteiger partial charge in [-0.05, 0) is 24.6 Å². The summed E-state index contributed by atoms with van der Waals surface area (Å²) in [6.45, 7) is 1.21. The Labute approximate surface area is 98.3 Å². The zero-order chi connectivity index (χ0) is 13.1. The van der Waals surface area contributed by atoms with Crippen molar-refractivity contribution in [1.82, 2.24) is 4.72 Å². The number of benzene rings is 1. The topological polar surface area (TPSA) is 83.5 Å². The Morgan fingerprint density at radius 2 is 2.18 bits per heavy atom. The summed E-state index contributed by atoms with van der Waals surface area (Å²) < 4.78 is 37.9. The molecular formula is C10H12FNO4S. The van der Waals surface area contributed by atoms with Crippen LogP contribution in [-0.2, 0) is 20.6 Å². The SMILES string of the molecule is C[C@H](NS(=O)(=O)Cc1cccc(F)c1)C(=O)O. The van der Waals surface area contributed by atoms with Gasteiger partial charge in [-0.1, -0.05) is 12.1 Å². The normalized spacial score (nSPS) is 13.3. The molecule has 0 aliphatic carbocycles. The van der Waals surface area contributed by atoms with Gasteiger partial charge >= 0.3 is 5.97 Å². The van der Waals surface area contributed by atoms with Gasteiger partial charge in [0.05, 0.1) is 5.75 Å². The minimum absolute atomic E-state index is 0.259. The monoisotopic (exact) mass is 261 g/mol. The summed E-state index contributed by atoms with van der Waals surface area (Å²) in [5.74, 6) is -2.26. The van der Waals surface area contributed by atoms with Crippen molar-refractivity contribution in [2.24, 2.45) is 0 Å². The molecule has 0 unspecified atom stereocenters. The lowest BCUT2D eigenvalue weighted by Crippen LogP contribution is -2.38. The summed E-state index contributed by atoms with van der Waals surface area (Å²) in [5, 5.41) is 8.57. The summed E-state index contributed by atoms with van der Waals surface area (Å²) >= 11 is 0. The molecule has 0 aliphatic rings. The van der Waals surface area contributed by atoms with Crippen molar-refractivity contribution >= 4 is 16.0 Å². The van der Waals surface area contributed by atoms with Gasteiger partial charge in [0.15, 0.2) is 0 Å². The molecule has 17 heavy (non-hydrogen) atoms. The smallest absolute Gasteiger partial charge is 0.321 e. The Kier molecular flexibility index (Phi) is 4.19. The molecule has 0 spiro atoms. The molecule has 0 saturated heterocycles. The largest absolute Gasteiger partial charge is 0.480 e. The fourth-order valence-electron chi connectivity index (χ4n) is 1.21. The average molecular weight is 261 g/mol. The van der Waals surface area contributed by atoms with E-state index in [1.165, 1.54) is 25.1 Å². The van der Waals surface area contributed by atoms with E-state index < -0.39 is 33.6 Å². The van der Waals surface area contributed by atoms with Gasteiger partial charge in [-0.2, -0.15) is 0 Å². The molecule has 1 rings (SSSR count). The zero-order valence-corrected chi connectivity index (χ0v) is 9.87. The predicted octanol–water partition coefficient (Wildman–Crippen LogP) is 0.718. The number of sulfonamides is 1. The highest BCUT2D eigenvalue weighted by atomic mass is 32.2. The van der Waals surface area contributed by atoms with E-state index >= 15 is 0 Å². The van der Waals surface area contributed by atoms with E-state index in [-0.39, 0.29) is 5.56 Å². The van der Waals surface area contributed by atoms with E-state index in [1.807, 2.05) is 4.72 Å². The summed E-state index contributed by atoms with van der Waals surface area (Å²) in [5.41, 5.74) is 0.259. The maximum Gasteiger partial charge on any atom is 0.321 e. The van der Waals surface area contributed by atoms with Crippen molar-refractivity contribution in [3.05, 3.63) is 35.6 Å². The maximum atomic E-state index is 12.8. The molecule has 0 saturated carbocycles. The summed E-state index contributed by atoms with van der Waals surface area (Å²) in [6, 6.07) is 3.91. The minimum Gasteiger partial charge on any atom is -0.480 e. The lowest BCUT2D eigenvalue weighted by atomic mass is 10.2. The van der Waals surface area contributed by atoms with Crippen LogP contribution in [0, 0.1) is 5.82 Å². The van der Waals surface area contributed by atoms with Gasteiger partial charge in [-0.25, -0.2) is 17.5 Å². The van der Waals surface area contributed by atoms with Crippen molar-refractivity contribution in [2.75, 3.05) is 0 Å². The fraction of sp³-hybridized carbons (Fsp3) is 0.300. The van der Waals surface area contributed by atoms with Crippen LogP contribution in [0.1, 0.15) is 12.5 Å². The Hall–Kier alpha value is -1.47. The van der Waals surface area contributed by atoms with Gasteiger partial charge in [-0.3, -0.25) is 4.79 Å². The molecule has 1 aromatic rings. The number of carboxylic acids is 1. The van der Waals surface area contributed by atoms with Crippen LogP contribution in [0.5, 0.6) is 0 Å². The molecule has 0 amide bonds. The maximum absolute atomic E-state index is 12.8. The first-order chi connectivity index (χ1) is 7.80. The second-order valence-corrected chi connectivity index (χ2v) is 5.32. The molecule has 0 fully saturated rings. The van der Waals surface area contributed by atoms with E-state index in [2.05, 4.69) is 0 Å². The van der Waals surface area contributed by atoms with Crippen molar-refractivity contribution in [3.63, 3.8) is 0 Å². The van der Waals surface area contributed by atoms with Crippen LogP contribution >= 0.6 is 0 Å². The predicted molar refractivity (Wildman–Crippen MR) is 59.3 cm³/mol. The van der Waals surface area contributed by atoms with Crippen LogP contribution in [0.4, 0.5) is 4.39 Å². The highest BCUT2D eigenvalue weighted by Gasteiger charge is 2.19. The number of carboxylic acid groups (broad SMARTS) is 1. The molecule has 0 aliphatic heterocycles. The summed E-state index contributed by atoms with van der Waals surface area (Å²) in [4.78, 5) is 10.5. The highest BCUT2D eigenvalue weighted by Crippen LogP contribution is 2.07. The molecule has 1 atom stereocenters. The Morgan fingerprint density at radius 3 is 2.71 bits per heavy atom. The van der Waals surface area contributed by atoms with Gasteiger partial charge in [0.2, 0.25) is 10.0 Å². The van der Waals surface area contributed by atoms with Crippen molar-refractivity contribution < 1.29 is 22.7 Å². The molecular weight excluding hydrogens is 249 g/mol. The second-order valence-electron chi connectivity index (χ2n) is 3.57. The molecule has 94 valence electrons. The van der Waals surface area contributed by atoms with Crippen LogP contribution in [0.2, 0.25) is 0 Å². The Morgan fingerprint density at radius 1 is 1.53 bits per heavy atom. The Balaban J connectivity index is 2.77. The van der Waals surface area contributed by atoms with Crippen LogP contribution in [-0.4, -0.2) is 25.5 Å². The van der Waals surface area contributed by atoms with Crippen LogP contribution in [0.3, 0.4) is 0 Å². The van der Waals surface area contributed by atoms with Crippen LogP contribution in [0.15, 0.2) is 24.3 Å². The zero-order valence-electron chi connectivity index (χ0n) is 9.05. The minimum atomic E-state index is -3.79. The first kappa shape index (κ1) is 13.6. The average Bonchev–Trinajstić information content (AvgIpc) is 2.15. The molecule has 0 aromatic heterocycles. The number of hydrogen-bond acceptors (Lipinski definition) is 3. The van der Waals surface area contributed by atoms with Crippen molar-refractivity contribution in [1.29, 1.82) is 0 Å². The number of nitrogens with one attached hydrogen (secondary N) is 1. The van der Waals surface area contributed by atoms with E-state index in [9.17, 15) is 17.6 Å². The quantitative estimate of drug-likeness (QED) is 0.818. The standard InChI is InChI=1S/C10H12FNO4S/c1-7(10(13)14)12-17(15,16)6-8-3-2-4-9(11)5-8/h2-5,7,12H,6H2,1H3,(H,13,14)/t7-/m0/s1. The number of rotatable bonds is 5. The molecule has 2 N–H and O–H groups in total. The lowest BCUT2D eigenvalue weighted by molar-refractivity contribution is -0.138. The highest BCUT2D eigenvalue weighted by molar-refractivity contribution is 7.88. The summed E-state index contributed by atoms with van der Waals surface area (Å²) in [7, 11) is -3.79. The van der Waals surface area contributed by atoms with E-state index in [1.54, 1.807) is 0 Å². The van der Waals surface area contributed by atoms with Crippen molar-refractivity contribution in [3.8, 4) is 0 Å². The van der Waals surface area contributed by atoms with Crippen molar-refractivity contribution in [2.45, 2.75) is 18.7 Å². The third-order valence-electron chi connectivity index (χ3n) is 1.97. The molecule has 0 heterocycles. The number of aliphatic carboxylic acids is 1. The first-order valence-corrected chi connectivity index (χ1v) is 6.42.